The SMILES string of the molecule is C=CCOC(=O)NCCCN(C(=O)OCC1c2ccccc2-c2ccccc21)[C@H](C(=O)OC(C)(C)C)C(C)C. The molecule has 8 nitrogen and oxygen atoms in total. The molecule has 1 atom stereocenters. The molecule has 0 fully saturated rings. The van der Waals surface area contributed by atoms with Gasteiger partial charge >= 0.3 is 18.2 Å². The van der Waals surface area contributed by atoms with Crippen LogP contribution in [0.1, 0.15) is 58.1 Å². The summed E-state index contributed by atoms with van der Waals surface area (Å²) in [6, 6.07) is 15.4. The van der Waals surface area contributed by atoms with Gasteiger partial charge in [0.25, 0.3) is 0 Å². The number of ether oxygens (including phenoxy) is 3. The molecule has 0 saturated carbocycles. The van der Waals surface area contributed by atoms with Crippen molar-refractivity contribution in [3.63, 3.8) is 0 Å². The van der Waals surface area contributed by atoms with Gasteiger partial charge in [-0.25, -0.2) is 14.4 Å². The van der Waals surface area contributed by atoms with Crippen LogP contribution >= 0.6 is 0 Å². The lowest BCUT2D eigenvalue weighted by atomic mass is 9.98. The first-order chi connectivity index (χ1) is 18.5. The Morgan fingerprint density at radius 1 is 1.00 bits per heavy atom. The lowest BCUT2D eigenvalue weighted by Crippen LogP contribution is -2.51. The van der Waals surface area contributed by atoms with Crippen LogP contribution in [0.15, 0.2) is 61.2 Å². The van der Waals surface area contributed by atoms with E-state index in [1.165, 1.54) is 11.0 Å². The van der Waals surface area contributed by atoms with Crippen LogP contribution in [-0.4, -0.2) is 61.0 Å². The van der Waals surface area contributed by atoms with Gasteiger partial charge in [0.05, 0.1) is 0 Å². The van der Waals surface area contributed by atoms with Crippen LogP contribution in [0, 0.1) is 5.92 Å². The van der Waals surface area contributed by atoms with E-state index in [9.17, 15) is 14.4 Å². The smallest absolute Gasteiger partial charge is 0.410 e. The maximum absolute atomic E-state index is 13.6. The third-order valence-electron chi connectivity index (χ3n) is 6.36. The van der Waals surface area contributed by atoms with Gasteiger partial charge in [-0.15, -0.1) is 0 Å². The standard InChI is InChI=1S/C31H40N2O6/c1-7-19-37-29(35)32-17-12-18-33(27(21(2)3)28(34)39-31(4,5)6)30(36)38-20-26-24-15-10-8-13-22(24)23-14-9-11-16-25(23)26/h7-11,13-16,21,26-27H,1,12,17-20H2,2-6H3,(H,32,35)/t27-/m0/s1. The molecule has 2 aromatic rings. The average Bonchev–Trinajstić information content (AvgIpc) is 3.20. The van der Waals surface area contributed by atoms with Crippen LogP contribution in [0.3, 0.4) is 0 Å². The number of amides is 2. The van der Waals surface area contributed by atoms with E-state index in [-0.39, 0.29) is 38.1 Å². The Labute approximate surface area is 231 Å². The summed E-state index contributed by atoms with van der Waals surface area (Å²) in [6.07, 6.45) is 0.692. The topological polar surface area (TPSA) is 94.2 Å². The van der Waals surface area contributed by atoms with Gasteiger partial charge in [0, 0.05) is 19.0 Å². The Kier molecular flexibility index (Phi) is 10.2. The minimum Gasteiger partial charge on any atom is -0.458 e. The van der Waals surface area contributed by atoms with E-state index in [0.29, 0.717) is 6.42 Å². The summed E-state index contributed by atoms with van der Waals surface area (Å²) in [6.45, 7) is 13.3. The molecule has 0 aliphatic heterocycles. The number of benzene rings is 2. The van der Waals surface area contributed by atoms with E-state index in [0.717, 1.165) is 22.3 Å². The second-order valence-corrected chi connectivity index (χ2v) is 10.9. The molecule has 2 aromatic carbocycles. The van der Waals surface area contributed by atoms with Crippen LogP contribution in [-0.2, 0) is 19.0 Å². The largest absolute Gasteiger partial charge is 0.458 e. The minimum absolute atomic E-state index is 0.103. The molecule has 0 spiro atoms. The van der Waals surface area contributed by atoms with Gasteiger partial charge in [0.2, 0.25) is 0 Å². The van der Waals surface area contributed by atoms with Crippen molar-refractivity contribution in [2.24, 2.45) is 5.92 Å². The first-order valence-electron chi connectivity index (χ1n) is 13.4. The van der Waals surface area contributed by atoms with Crippen molar-refractivity contribution >= 4 is 18.2 Å². The lowest BCUT2D eigenvalue weighted by Gasteiger charge is -2.34. The molecule has 39 heavy (non-hydrogen) atoms. The molecular formula is C31H40N2O6. The summed E-state index contributed by atoms with van der Waals surface area (Å²) >= 11 is 0. The molecule has 0 aromatic heterocycles. The molecule has 0 unspecified atom stereocenters. The van der Waals surface area contributed by atoms with Crippen LogP contribution < -0.4 is 5.32 Å². The van der Waals surface area contributed by atoms with Gasteiger partial charge in [0.15, 0.2) is 0 Å². The lowest BCUT2D eigenvalue weighted by molar-refractivity contribution is -0.162. The molecule has 3 rings (SSSR count). The molecule has 8 heteroatoms. The zero-order chi connectivity index (χ0) is 28.6. The third kappa shape index (κ3) is 7.85. The second-order valence-electron chi connectivity index (χ2n) is 10.9. The molecule has 1 aliphatic rings. The van der Waals surface area contributed by atoms with Gasteiger partial charge in [-0.05, 0) is 55.4 Å². The fourth-order valence-electron chi connectivity index (χ4n) is 4.77. The molecule has 0 bridgehead atoms. The summed E-state index contributed by atoms with van der Waals surface area (Å²) in [7, 11) is 0. The quantitative estimate of drug-likeness (QED) is 0.166. The number of nitrogens with zero attached hydrogens (tertiary/aromatic N) is 1. The Balaban J connectivity index is 1.76. The van der Waals surface area contributed by atoms with Crippen LogP contribution in [0.4, 0.5) is 9.59 Å². The highest BCUT2D eigenvalue weighted by Gasteiger charge is 2.37. The van der Waals surface area contributed by atoms with Crippen molar-refractivity contribution in [1.82, 2.24) is 10.2 Å². The summed E-state index contributed by atoms with van der Waals surface area (Å²) in [4.78, 5) is 40.0. The van der Waals surface area contributed by atoms with Gasteiger partial charge in [-0.1, -0.05) is 75.0 Å². The number of fused-ring (bicyclic) bond motifs is 3. The highest BCUT2D eigenvalue weighted by Crippen LogP contribution is 2.44. The van der Waals surface area contributed by atoms with E-state index in [4.69, 9.17) is 14.2 Å². The zero-order valence-electron chi connectivity index (χ0n) is 23.6. The monoisotopic (exact) mass is 536 g/mol. The number of rotatable bonds is 11. The number of carbonyl (C=O) groups is 3. The highest BCUT2D eigenvalue weighted by atomic mass is 16.6. The Morgan fingerprint density at radius 2 is 1.59 bits per heavy atom. The van der Waals surface area contributed by atoms with Crippen LogP contribution in [0.5, 0.6) is 0 Å². The summed E-state index contributed by atoms with van der Waals surface area (Å²) in [5, 5.41) is 2.64. The predicted molar refractivity (Wildman–Crippen MR) is 150 cm³/mol. The normalized spacial score (nSPS) is 13.2. The average molecular weight is 537 g/mol. The van der Waals surface area contributed by atoms with Gasteiger partial charge in [0.1, 0.15) is 24.9 Å². The molecule has 1 N–H and O–H groups in total. The number of alkyl carbamates (subject to hydrolysis) is 1. The molecule has 0 saturated heterocycles. The predicted octanol–water partition coefficient (Wildman–Crippen LogP) is 5.91. The molecule has 0 radical (unpaired) electrons. The Bertz CT molecular complexity index is 1120. The van der Waals surface area contributed by atoms with Crippen LogP contribution in [0.25, 0.3) is 11.1 Å². The third-order valence-corrected chi connectivity index (χ3v) is 6.36. The number of esters is 1. The fraction of sp³-hybridized carbons (Fsp3) is 0.452. The molecule has 0 heterocycles. The summed E-state index contributed by atoms with van der Waals surface area (Å²) < 4.78 is 16.5. The summed E-state index contributed by atoms with van der Waals surface area (Å²) in [5.74, 6) is -0.835. The number of nitrogens with one attached hydrogen (secondary N) is 1. The van der Waals surface area contributed by atoms with E-state index in [1.807, 2.05) is 38.1 Å². The minimum atomic E-state index is -0.854. The van der Waals surface area contributed by atoms with Crippen molar-refractivity contribution < 1.29 is 28.6 Å². The van der Waals surface area contributed by atoms with E-state index in [1.54, 1.807) is 20.8 Å². The first kappa shape index (κ1) is 29.7. The zero-order valence-corrected chi connectivity index (χ0v) is 23.6. The van der Waals surface area contributed by atoms with Gasteiger partial charge in [-0.3, -0.25) is 4.90 Å². The van der Waals surface area contributed by atoms with Gasteiger partial charge in [-0.2, -0.15) is 0 Å². The van der Waals surface area contributed by atoms with Crippen molar-refractivity contribution in [2.75, 3.05) is 26.3 Å². The number of hydrogen-bond acceptors (Lipinski definition) is 6. The maximum atomic E-state index is 13.6. The second kappa shape index (κ2) is 13.3. The van der Waals surface area contributed by atoms with Crippen molar-refractivity contribution in [2.45, 2.75) is 58.6 Å². The molecular weight excluding hydrogens is 496 g/mol. The van der Waals surface area contributed by atoms with Crippen molar-refractivity contribution in [3.05, 3.63) is 72.3 Å². The van der Waals surface area contributed by atoms with Crippen molar-refractivity contribution in [3.8, 4) is 11.1 Å². The van der Waals surface area contributed by atoms with E-state index in [2.05, 4.69) is 36.2 Å². The number of carbonyl (C=O) groups excluding carboxylic acids is 3. The van der Waals surface area contributed by atoms with Crippen molar-refractivity contribution in [1.29, 1.82) is 0 Å². The molecule has 2 amide bonds. The van der Waals surface area contributed by atoms with Crippen LogP contribution in [0.2, 0.25) is 0 Å². The number of hydrogen-bond donors (Lipinski definition) is 1. The fourth-order valence-corrected chi connectivity index (χ4v) is 4.77. The van der Waals surface area contributed by atoms with E-state index >= 15 is 0 Å². The highest BCUT2D eigenvalue weighted by molar-refractivity contribution is 5.82. The Morgan fingerprint density at radius 3 is 2.13 bits per heavy atom. The maximum Gasteiger partial charge on any atom is 0.410 e. The molecule has 210 valence electrons. The Hall–Kier alpha value is -3.81. The first-order valence-corrected chi connectivity index (χ1v) is 13.4. The summed E-state index contributed by atoms with van der Waals surface area (Å²) in [5.41, 5.74) is 3.76. The molecule has 1 aliphatic carbocycles. The van der Waals surface area contributed by atoms with Gasteiger partial charge < -0.3 is 19.5 Å². The van der Waals surface area contributed by atoms with E-state index < -0.39 is 29.8 Å².